The van der Waals surface area contributed by atoms with E-state index in [1.807, 2.05) is 0 Å². The predicted molar refractivity (Wildman–Crippen MR) is 52.9 cm³/mol. The van der Waals surface area contributed by atoms with Crippen molar-refractivity contribution < 1.29 is 8.42 Å². The van der Waals surface area contributed by atoms with Crippen LogP contribution in [0, 0.1) is 0 Å². The van der Waals surface area contributed by atoms with Crippen molar-refractivity contribution in [1.82, 2.24) is 14.7 Å². The summed E-state index contributed by atoms with van der Waals surface area (Å²) in [6.07, 6.45) is 3.68. The molecule has 0 aliphatic heterocycles. The highest BCUT2D eigenvalue weighted by Crippen LogP contribution is 1.92. The Balaban J connectivity index is 2.37. The minimum atomic E-state index is -3.21. The van der Waals surface area contributed by atoms with E-state index in [0.29, 0.717) is 18.8 Å². The Bertz CT molecular complexity index is 346. The molecule has 6 nitrogen and oxygen atoms in total. The maximum Gasteiger partial charge on any atom is 0.212 e. The van der Waals surface area contributed by atoms with Gasteiger partial charge in [-0.1, -0.05) is 0 Å². The predicted octanol–water partition coefficient (Wildman–Crippen LogP) is -0.822. The van der Waals surface area contributed by atoms with Crippen LogP contribution in [0.25, 0.3) is 0 Å². The van der Waals surface area contributed by atoms with Gasteiger partial charge in [0.25, 0.3) is 0 Å². The van der Waals surface area contributed by atoms with Crippen molar-refractivity contribution >= 4 is 10.0 Å². The number of nitrogens with one attached hydrogen (secondary N) is 2. The van der Waals surface area contributed by atoms with E-state index >= 15 is 0 Å². The van der Waals surface area contributed by atoms with E-state index in [2.05, 4.69) is 14.7 Å². The highest BCUT2D eigenvalue weighted by Gasteiger charge is 2.09. The fourth-order valence-electron chi connectivity index (χ4n) is 0.918. The van der Waals surface area contributed by atoms with E-state index < -0.39 is 10.0 Å². The first-order valence-corrected chi connectivity index (χ1v) is 5.95. The second-order valence-electron chi connectivity index (χ2n) is 2.82. The largest absolute Gasteiger partial charge is 0.347 e. The molecule has 0 aromatic carbocycles. The van der Waals surface area contributed by atoms with Crippen LogP contribution in [0.1, 0.15) is 12.2 Å². The van der Waals surface area contributed by atoms with Gasteiger partial charge in [0.2, 0.25) is 10.0 Å². The molecule has 1 rings (SSSR count). The smallest absolute Gasteiger partial charge is 0.212 e. The van der Waals surface area contributed by atoms with Gasteiger partial charge in [0.1, 0.15) is 5.82 Å². The van der Waals surface area contributed by atoms with Crippen LogP contribution in [0.5, 0.6) is 0 Å². The number of H-pyrrole nitrogens is 1. The first-order chi connectivity index (χ1) is 6.64. The number of nitrogens with two attached hydrogens (primary N) is 1. The van der Waals surface area contributed by atoms with Crippen molar-refractivity contribution in [2.24, 2.45) is 5.73 Å². The van der Waals surface area contributed by atoms with Crippen LogP contribution >= 0.6 is 0 Å². The van der Waals surface area contributed by atoms with Gasteiger partial charge in [-0.3, -0.25) is 0 Å². The first kappa shape index (κ1) is 11.2. The molecule has 0 unspecified atom stereocenters. The summed E-state index contributed by atoms with van der Waals surface area (Å²) in [4.78, 5) is 6.70. The maximum absolute atomic E-state index is 11.3. The number of sulfonamides is 1. The van der Waals surface area contributed by atoms with Crippen LogP contribution in [-0.2, 0) is 16.6 Å². The molecule has 0 atom stereocenters. The summed E-state index contributed by atoms with van der Waals surface area (Å²) in [5.74, 6) is 0.658. The van der Waals surface area contributed by atoms with E-state index in [9.17, 15) is 8.42 Å². The molecular formula is C7H14N4O2S. The molecule has 0 spiro atoms. The molecule has 0 radical (unpaired) electrons. The average Bonchev–Trinajstić information content (AvgIpc) is 2.64. The lowest BCUT2D eigenvalue weighted by Crippen LogP contribution is -2.27. The first-order valence-electron chi connectivity index (χ1n) is 4.30. The molecule has 7 heteroatoms. The second kappa shape index (κ2) is 5.08. The maximum atomic E-state index is 11.3. The topological polar surface area (TPSA) is 101 Å². The molecule has 1 aromatic rings. The van der Waals surface area contributed by atoms with E-state index in [0.717, 1.165) is 0 Å². The van der Waals surface area contributed by atoms with Crippen LogP contribution in [0.15, 0.2) is 12.4 Å². The summed E-state index contributed by atoms with van der Waals surface area (Å²) in [6.45, 7) is 0.571. The van der Waals surface area contributed by atoms with Gasteiger partial charge in [-0.05, 0) is 13.0 Å². The van der Waals surface area contributed by atoms with Crippen LogP contribution in [0.4, 0.5) is 0 Å². The number of rotatable bonds is 6. The van der Waals surface area contributed by atoms with Gasteiger partial charge >= 0.3 is 0 Å². The molecule has 0 saturated heterocycles. The van der Waals surface area contributed by atoms with E-state index in [1.54, 1.807) is 12.4 Å². The highest BCUT2D eigenvalue weighted by atomic mass is 32.2. The quantitative estimate of drug-likeness (QED) is 0.580. The summed E-state index contributed by atoms with van der Waals surface area (Å²) in [6, 6.07) is 0. The van der Waals surface area contributed by atoms with Gasteiger partial charge in [0.05, 0.1) is 12.3 Å². The summed E-state index contributed by atoms with van der Waals surface area (Å²) in [7, 11) is -3.21. The third-order valence-corrected chi connectivity index (χ3v) is 3.04. The molecule has 4 N–H and O–H groups in total. The molecule has 0 aliphatic rings. The Morgan fingerprint density at radius 1 is 1.57 bits per heavy atom. The lowest BCUT2D eigenvalue weighted by atomic mass is 10.5. The molecule has 80 valence electrons. The summed E-state index contributed by atoms with van der Waals surface area (Å²) in [5.41, 5.74) is 5.22. The summed E-state index contributed by atoms with van der Waals surface area (Å²) >= 11 is 0. The van der Waals surface area contributed by atoms with Crippen molar-refractivity contribution in [2.45, 2.75) is 13.0 Å². The second-order valence-corrected chi connectivity index (χ2v) is 4.74. The van der Waals surface area contributed by atoms with Gasteiger partial charge in [0, 0.05) is 12.4 Å². The molecular weight excluding hydrogens is 204 g/mol. The Labute approximate surface area is 83.0 Å². The Morgan fingerprint density at radius 3 is 2.93 bits per heavy atom. The number of imidazole rings is 1. The minimum Gasteiger partial charge on any atom is -0.347 e. The van der Waals surface area contributed by atoms with E-state index in [-0.39, 0.29) is 12.3 Å². The van der Waals surface area contributed by atoms with Gasteiger partial charge < -0.3 is 10.7 Å². The number of aromatic nitrogens is 2. The number of hydrogen-bond donors (Lipinski definition) is 3. The van der Waals surface area contributed by atoms with Crippen LogP contribution < -0.4 is 10.5 Å². The molecule has 0 bridgehead atoms. The van der Waals surface area contributed by atoms with E-state index in [1.165, 1.54) is 0 Å². The Kier molecular flexibility index (Phi) is 4.05. The molecule has 0 fully saturated rings. The molecule has 1 heterocycles. The normalized spacial score (nSPS) is 11.8. The van der Waals surface area contributed by atoms with Crippen LogP contribution in [0.2, 0.25) is 0 Å². The van der Waals surface area contributed by atoms with Crippen LogP contribution in [0.3, 0.4) is 0 Å². The van der Waals surface area contributed by atoms with Gasteiger partial charge in [0.15, 0.2) is 0 Å². The fraction of sp³-hybridized carbons (Fsp3) is 0.571. The van der Waals surface area contributed by atoms with Crippen molar-refractivity contribution in [2.75, 3.05) is 12.3 Å². The van der Waals surface area contributed by atoms with Gasteiger partial charge in [-0.15, -0.1) is 0 Å². The SMILES string of the molecule is NCCCS(=O)(=O)NCc1ncc[nH]1. The molecule has 14 heavy (non-hydrogen) atoms. The monoisotopic (exact) mass is 218 g/mol. The van der Waals surface area contributed by atoms with Crippen molar-refractivity contribution in [3.63, 3.8) is 0 Å². The number of nitrogens with zero attached hydrogens (tertiary/aromatic N) is 1. The molecule has 0 aliphatic carbocycles. The third kappa shape index (κ3) is 3.86. The standard InChI is InChI=1S/C7H14N4O2S/c8-2-1-5-14(12,13)11-6-7-9-3-4-10-7/h3-4,11H,1-2,5-6,8H2,(H,9,10). The lowest BCUT2D eigenvalue weighted by Gasteiger charge is -2.03. The zero-order valence-corrected chi connectivity index (χ0v) is 8.55. The van der Waals surface area contributed by atoms with Crippen molar-refractivity contribution in [1.29, 1.82) is 0 Å². The zero-order valence-electron chi connectivity index (χ0n) is 7.73. The lowest BCUT2D eigenvalue weighted by molar-refractivity contribution is 0.577. The molecule has 0 saturated carbocycles. The third-order valence-electron chi connectivity index (χ3n) is 1.63. The number of hydrogen-bond acceptors (Lipinski definition) is 4. The number of aromatic amines is 1. The summed E-state index contributed by atoms with van der Waals surface area (Å²) < 4.78 is 25.0. The fourth-order valence-corrected chi connectivity index (χ4v) is 1.97. The van der Waals surface area contributed by atoms with Crippen LogP contribution in [-0.4, -0.2) is 30.7 Å². The highest BCUT2D eigenvalue weighted by molar-refractivity contribution is 7.89. The van der Waals surface area contributed by atoms with Gasteiger partial charge in [-0.25, -0.2) is 18.1 Å². The molecule has 1 aromatic heterocycles. The van der Waals surface area contributed by atoms with Crippen molar-refractivity contribution in [3.8, 4) is 0 Å². The Hall–Kier alpha value is -0.920. The molecule has 0 amide bonds. The zero-order chi connectivity index (χ0) is 10.4. The average molecular weight is 218 g/mol. The van der Waals surface area contributed by atoms with E-state index in [4.69, 9.17) is 5.73 Å². The minimum absolute atomic E-state index is 0.0597. The Morgan fingerprint density at radius 2 is 2.36 bits per heavy atom. The summed E-state index contributed by atoms with van der Waals surface area (Å²) in [5, 5.41) is 0. The van der Waals surface area contributed by atoms with Crippen molar-refractivity contribution in [3.05, 3.63) is 18.2 Å². The van der Waals surface area contributed by atoms with Gasteiger partial charge in [-0.2, -0.15) is 0 Å².